The van der Waals surface area contributed by atoms with Crippen LogP contribution in [0.4, 0.5) is 0 Å². The lowest BCUT2D eigenvalue weighted by atomic mass is 10.2. The Balaban J connectivity index is 2.00. The predicted octanol–water partition coefficient (Wildman–Crippen LogP) is 2.24. The van der Waals surface area contributed by atoms with E-state index in [2.05, 4.69) is 25.5 Å². The molecule has 7 nitrogen and oxygen atoms in total. The highest BCUT2D eigenvalue weighted by Crippen LogP contribution is 2.17. The van der Waals surface area contributed by atoms with Crippen LogP contribution in [0.3, 0.4) is 0 Å². The Kier molecular flexibility index (Phi) is 6.43. The van der Waals surface area contributed by atoms with Crippen molar-refractivity contribution in [2.75, 3.05) is 27.2 Å². The lowest BCUT2D eigenvalue weighted by Crippen LogP contribution is -2.41. The van der Waals surface area contributed by atoms with Gasteiger partial charge in [-0.2, -0.15) is 0 Å². The van der Waals surface area contributed by atoms with Crippen LogP contribution in [0.25, 0.3) is 0 Å². The number of furan rings is 1. The molecule has 1 unspecified atom stereocenters. The third-order valence-electron chi connectivity index (χ3n) is 3.75. The molecule has 2 aromatic rings. The van der Waals surface area contributed by atoms with Crippen molar-refractivity contribution in [1.82, 2.24) is 20.5 Å². The predicted molar refractivity (Wildman–Crippen MR) is 93.9 cm³/mol. The van der Waals surface area contributed by atoms with Crippen LogP contribution < -0.4 is 10.6 Å². The molecule has 7 heteroatoms. The molecule has 0 saturated heterocycles. The number of guanidine groups is 1. The number of hydrogen-bond acceptors (Lipinski definition) is 5. The van der Waals surface area contributed by atoms with E-state index < -0.39 is 0 Å². The fourth-order valence-corrected chi connectivity index (χ4v) is 2.31. The van der Waals surface area contributed by atoms with Crippen LogP contribution in [0.5, 0.6) is 0 Å². The molecule has 132 valence electrons. The number of aryl methyl sites for hydroxylation is 2. The molecule has 2 rings (SSSR count). The second-order valence-electron chi connectivity index (χ2n) is 5.82. The molecule has 0 aliphatic rings. The summed E-state index contributed by atoms with van der Waals surface area (Å²) in [6.45, 7) is 7.73. The van der Waals surface area contributed by atoms with Crippen molar-refractivity contribution in [2.45, 2.75) is 33.4 Å². The maximum absolute atomic E-state index is 5.57. The Morgan fingerprint density at radius 1 is 1.33 bits per heavy atom. The summed E-state index contributed by atoms with van der Waals surface area (Å²) < 4.78 is 11.1. The van der Waals surface area contributed by atoms with Gasteiger partial charge in [0.2, 0.25) is 5.89 Å². The molecule has 24 heavy (non-hydrogen) atoms. The van der Waals surface area contributed by atoms with Gasteiger partial charge in [-0.1, -0.05) is 0 Å². The number of nitrogens with one attached hydrogen (secondary N) is 2. The zero-order chi connectivity index (χ0) is 17.5. The Morgan fingerprint density at radius 2 is 2.12 bits per heavy atom. The minimum atomic E-state index is 0.120. The maximum Gasteiger partial charge on any atom is 0.216 e. The molecule has 0 aliphatic carbocycles. The van der Waals surface area contributed by atoms with Crippen molar-refractivity contribution >= 4 is 5.96 Å². The molecular formula is C17H27N5O2. The first-order valence-corrected chi connectivity index (χ1v) is 8.16. The highest BCUT2D eigenvalue weighted by atomic mass is 16.4. The molecular weight excluding hydrogens is 306 g/mol. The number of nitrogens with zero attached hydrogens (tertiary/aromatic N) is 3. The van der Waals surface area contributed by atoms with Gasteiger partial charge in [-0.25, -0.2) is 9.98 Å². The summed E-state index contributed by atoms with van der Waals surface area (Å²) in [5, 5.41) is 6.58. The van der Waals surface area contributed by atoms with Crippen LogP contribution in [-0.4, -0.2) is 43.0 Å². The van der Waals surface area contributed by atoms with Gasteiger partial charge in [-0.05, 0) is 47.0 Å². The third-order valence-corrected chi connectivity index (χ3v) is 3.75. The Hall–Kier alpha value is -2.28. The first-order chi connectivity index (χ1) is 11.5. The van der Waals surface area contributed by atoms with Gasteiger partial charge in [0.25, 0.3) is 0 Å². The average molecular weight is 333 g/mol. The zero-order valence-corrected chi connectivity index (χ0v) is 15.1. The highest BCUT2D eigenvalue weighted by Gasteiger charge is 2.17. The SMILES string of the molecule is CCNC(=NCc1nc(C)c(C)o1)NCC(c1ccco1)N(C)C. The standard InChI is InChI=1S/C17H27N5O2/c1-6-18-17(20-11-16-21-12(2)13(3)24-16)19-10-14(22(4)5)15-8-7-9-23-15/h7-9,14H,6,10-11H2,1-5H3,(H2,18,19,20). The Bertz CT molecular complexity index is 626. The first kappa shape index (κ1) is 18.1. The van der Waals surface area contributed by atoms with Crippen molar-refractivity contribution < 1.29 is 8.83 Å². The van der Waals surface area contributed by atoms with Gasteiger partial charge < -0.3 is 19.5 Å². The molecule has 0 bridgehead atoms. The summed E-state index contributed by atoms with van der Waals surface area (Å²) in [5.74, 6) is 3.10. The molecule has 0 radical (unpaired) electrons. The number of aliphatic imine (C=N–C) groups is 1. The van der Waals surface area contributed by atoms with Crippen LogP contribution in [0, 0.1) is 13.8 Å². The lowest BCUT2D eigenvalue weighted by molar-refractivity contribution is 0.258. The van der Waals surface area contributed by atoms with E-state index in [9.17, 15) is 0 Å². The average Bonchev–Trinajstić information content (AvgIpc) is 3.15. The monoisotopic (exact) mass is 333 g/mol. The molecule has 0 saturated carbocycles. The summed E-state index contributed by atoms with van der Waals surface area (Å²) in [6, 6.07) is 4.00. The largest absolute Gasteiger partial charge is 0.468 e. The first-order valence-electron chi connectivity index (χ1n) is 8.16. The van der Waals surface area contributed by atoms with Crippen LogP contribution >= 0.6 is 0 Å². The van der Waals surface area contributed by atoms with Crippen LogP contribution in [0.15, 0.2) is 32.2 Å². The van der Waals surface area contributed by atoms with Crippen molar-refractivity contribution in [1.29, 1.82) is 0 Å². The molecule has 1 atom stereocenters. The van der Waals surface area contributed by atoms with E-state index in [0.29, 0.717) is 19.0 Å². The fourth-order valence-electron chi connectivity index (χ4n) is 2.31. The van der Waals surface area contributed by atoms with Gasteiger partial charge in [-0.3, -0.25) is 4.90 Å². The van der Waals surface area contributed by atoms with Gasteiger partial charge in [0.05, 0.1) is 18.0 Å². The number of likely N-dealkylation sites (N-methyl/N-ethyl adjacent to an activating group) is 1. The number of rotatable bonds is 7. The summed E-state index contributed by atoms with van der Waals surface area (Å²) >= 11 is 0. The molecule has 0 amide bonds. The van der Waals surface area contributed by atoms with E-state index >= 15 is 0 Å². The minimum absolute atomic E-state index is 0.120. The van der Waals surface area contributed by atoms with Gasteiger partial charge >= 0.3 is 0 Å². The second kappa shape index (κ2) is 8.54. The number of hydrogen-bond donors (Lipinski definition) is 2. The molecule has 0 spiro atoms. The summed E-state index contributed by atoms with van der Waals surface area (Å²) in [6.07, 6.45) is 1.69. The van der Waals surface area contributed by atoms with Gasteiger partial charge in [0, 0.05) is 13.1 Å². The van der Waals surface area contributed by atoms with Crippen LogP contribution in [0.2, 0.25) is 0 Å². The second-order valence-corrected chi connectivity index (χ2v) is 5.82. The fraction of sp³-hybridized carbons (Fsp3) is 0.529. The third kappa shape index (κ3) is 4.86. The zero-order valence-electron chi connectivity index (χ0n) is 15.1. The molecule has 0 aromatic carbocycles. The Morgan fingerprint density at radius 3 is 2.67 bits per heavy atom. The van der Waals surface area contributed by atoms with Crippen molar-refractivity contribution in [3.8, 4) is 0 Å². The topological polar surface area (TPSA) is 78.8 Å². The molecule has 2 heterocycles. The van der Waals surface area contributed by atoms with E-state index in [0.717, 1.165) is 29.7 Å². The van der Waals surface area contributed by atoms with Crippen LogP contribution in [0.1, 0.15) is 36.1 Å². The van der Waals surface area contributed by atoms with E-state index in [-0.39, 0.29) is 6.04 Å². The summed E-state index contributed by atoms with van der Waals surface area (Å²) in [5.41, 5.74) is 0.906. The Labute approximate surface area is 143 Å². The van der Waals surface area contributed by atoms with Crippen molar-refractivity contribution in [3.05, 3.63) is 41.5 Å². The molecule has 2 N–H and O–H groups in total. The molecule has 0 fully saturated rings. The van der Waals surface area contributed by atoms with Gasteiger partial charge in [0.15, 0.2) is 5.96 Å². The smallest absolute Gasteiger partial charge is 0.216 e. The summed E-state index contributed by atoms with van der Waals surface area (Å²) in [4.78, 5) is 11.0. The minimum Gasteiger partial charge on any atom is -0.468 e. The van der Waals surface area contributed by atoms with Crippen molar-refractivity contribution in [3.63, 3.8) is 0 Å². The molecule has 2 aromatic heterocycles. The molecule has 0 aliphatic heterocycles. The van der Waals surface area contributed by atoms with Gasteiger partial charge in [0.1, 0.15) is 18.1 Å². The maximum atomic E-state index is 5.57. The number of aromatic nitrogens is 1. The quantitative estimate of drug-likeness (QED) is 0.598. The van der Waals surface area contributed by atoms with Crippen LogP contribution in [-0.2, 0) is 6.54 Å². The number of oxazole rings is 1. The highest BCUT2D eigenvalue weighted by molar-refractivity contribution is 5.79. The summed E-state index contributed by atoms with van der Waals surface area (Å²) in [7, 11) is 4.05. The van der Waals surface area contributed by atoms with E-state index in [4.69, 9.17) is 8.83 Å². The van der Waals surface area contributed by atoms with E-state index in [1.54, 1.807) is 6.26 Å². The van der Waals surface area contributed by atoms with Crippen molar-refractivity contribution in [2.24, 2.45) is 4.99 Å². The van der Waals surface area contributed by atoms with E-state index in [1.807, 2.05) is 47.0 Å². The lowest BCUT2D eigenvalue weighted by Gasteiger charge is -2.23. The van der Waals surface area contributed by atoms with Gasteiger partial charge in [-0.15, -0.1) is 0 Å². The normalized spacial score (nSPS) is 13.3. The van der Waals surface area contributed by atoms with E-state index in [1.165, 1.54) is 0 Å².